The first kappa shape index (κ1) is 35.0. The van der Waals surface area contributed by atoms with Crippen molar-refractivity contribution in [2.24, 2.45) is 0 Å². The highest BCUT2D eigenvalue weighted by molar-refractivity contribution is 5.72. The van der Waals surface area contributed by atoms with Crippen LogP contribution in [0.1, 0.15) is 47.2 Å². The molecular formula is C36H31FN4O4. The van der Waals surface area contributed by atoms with Crippen molar-refractivity contribution < 1.29 is 23.8 Å². The maximum Gasteiger partial charge on any atom is 0.310 e. The minimum absolute atomic E-state index is 0.154. The number of phenols is 1. The van der Waals surface area contributed by atoms with Crippen molar-refractivity contribution in [3.63, 3.8) is 0 Å². The minimum atomic E-state index is -0.546. The molecule has 226 valence electrons. The largest absolute Gasteiger partial charge is 0.508 e. The average molecular weight is 603 g/mol. The molecule has 0 amide bonds. The average Bonchev–Trinajstić information content (AvgIpc) is 3.04. The SMILES string of the molecule is CCOC(=O)Cc1ccc(C)c(O)c1.[C-]#[N+]c1cc(C#N)cc(Oc2cc(CC)ccc2C)c1.[C-]#[N+]c1cc(F)cc(C#N)c1. The van der Waals surface area contributed by atoms with Crippen LogP contribution in [0.4, 0.5) is 15.8 Å². The molecule has 4 rings (SSSR count). The van der Waals surface area contributed by atoms with Crippen LogP contribution >= 0.6 is 0 Å². The van der Waals surface area contributed by atoms with E-state index in [1.807, 2.05) is 38.1 Å². The quantitative estimate of drug-likeness (QED) is 0.174. The summed E-state index contributed by atoms with van der Waals surface area (Å²) in [7, 11) is 0. The van der Waals surface area contributed by atoms with Crippen molar-refractivity contribution in [2.75, 3.05) is 6.61 Å². The fourth-order valence-electron chi connectivity index (χ4n) is 3.72. The van der Waals surface area contributed by atoms with Gasteiger partial charge in [0.15, 0.2) is 11.4 Å². The van der Waals surface area contributed by atoms with Crippen LogP contribution in [0.25, 0.3) is 9.69 Å². The molecule has 1 N–H and O–H groups in total. The molecule has 8 nitrogen and oxygen atoms in total. The first-order valence-electron chi connectivity index (χ1n) is 13.8. The maximum atomic E-state index is 12.5. The van der Waals surface area contributed by atoms with Crippen LogP contribution in [0.15, 0.2) is 72.8 Å². The summed E-state index contributed by atoms with van der Waals surface area (Å²) in [6.45, 7) is 21.6. The summed E-state index contributed by atoms with van der Waals surface area (Å²) in [5.74, 6) is 0.680. The number of hydrogen-bond donors (Lipinski definition) is 1. The molecule has 0 fully saturated rings. The fourth-order valence-corrected chi connectivity index (χ4v) is 3.72. The van der Waals surface area contributed by atoms with Gasteiger partial charge < -0.3 is 14.6 Å². The number of benzene rings is 4. The summed E-state index contributed by atoms with van der Waals surface area (Å²) in [5.41, 5.74) is 4.95. The van der Waals surface area contributed by atoms with Gasteiger partial charge in [-0.15, -0.1) is 0 Å². The summed E-state index contributed by atoms with van der Waals surface area (Å²) in [6.07, 6.45) is 1.14. The molecule has 4 aromatic carbocycles. The lowest BCUT2D eigenvalue weighted by Crippen LogP contribution is -2.07. The number of aromatic hydroxyl groups is 1. The van der Waals surface area contributed by atoms with Gasteiger partial charge in [-0.2, -0.15) is 10.5 Å². The van der Waals surface area contributed by atoms with Gasteiger partial charge in [-0.3, -0.25) is 4.79 Å². The molecule has 0 radical (unpaired) electrons. The van der Waals surface area contributed by atoms with Gasteiger partial charge in [0.1, 0.15) is 23.1 Å². The Morgan fingerprint density at radius 1 is 0.844 bits per heavy atom. The Morgan fingerprint density at radius 3 is 2.02 bits per heavy atom. The number of carbonyl (C=O) groups is 1. The Morgan fingerprint density at radius 2 is 1.44 bits per heavy atom. The monoisotopic (exact) mass is 602 g/mol. The second-order valence-electron chi connectivity index (χ2n) is 9.52. The molecule has 0 unspecified atom stereocenters. The molecule has 0 saturated carbocycles. The number of halogens is 1. The number of ether oxygens (including phenoxy) is 2. The topological polar surface area (TPSA) is 112 Å². The summed E-state index contributed by atoms with van der Waals surface area (Å²) < 4.78 is 23.1. The van der Waals surface area contributed by atoms with E-state index in [0.717, 1.165) is 41.0 Å². The third-order valence-electron chi connectivity index (χ3n) is 6.11. The van der Waals surface area contributed by atoms with Crippen molar-refractivity contribution in [3.05, 3.63) is 135 Å². The molecule has 0 bridgehead atoms. The Kier molecular flexibility index (Phi) is 13.8. The smallest absolute Gasteiger partial charge is 0.310 e. The van der Waals surface area contributed by atoms with Crippen molar-refractivity contribution in [3.8, 4) is 29.4 Å². The lowest BCUT2D eigenvalue weighted by atomic mass is 10.1. The summed E-state index contributed by atoms with van der Waals surface area (Å²) in [4.78, 5) is 17.5. The van der Waals surface area contributed by atoms with Crippen LogP contribution < -0.4 is 4.74 Å². The lowest BCUT2D eigenvalue weighted by Gasteiger charge is -2.11. The molecule has 0 heterocycles. The van der Waals surface area contributed by atoms with Crippen molar-refractivity contribution >= 4 is 17.3 Å². The van der Waals surface area contributed by atoms with Gasteiger partial charge in [0, 0.05) is 11.1 Å². The van der Waals surface area contributed by atoms with E-state index in [4.69, 9.17) is 33.1 Å². The molecule has 45 heavy (non-hydrogen) atoms. The van der Waals surface area contributed by atoms with E-state index in [0.29, 0.717) is 23.6 Å². The number of nitriles is 2. The zero-order chi connectivity index (χ0) is 33.4. The lowest BCUT2D eigenvalue weighted by molar-refractivity contribution is -0.142. The van der Waals surface area contributed by atoms with Gasteiger partial charge in [0.05, 0.1) is 38.3 Å². The molecule has 0 aromatic heterocycles. The van der Waals surface area contributed by atoms with E-state index < -0.39 is 5.82 Å². The molecule has 0 atom stereocenters. The van der Waals surface area contributed by atoms with E-state index in [1.165, 1.54) is 11.6 Å². The number of aryl methyl sites for hydroxylation is 3. The Hall–Kier alpha value is -6.16. The van der Waals surface area contributed by atoms with E-state index in [1.54, 1.807) is 43.3 Å². The van der Waals surface area contributed by atoms with Crippen LogP contribution in [0, 0.1) is 55.5 Å². The summed E-state index contributed by atoms with van der Waals surface area (Å²) >= 11 is 0. The molecule has 0 spiro atoms. The van der Waals surface area contributed by atoms with Crippen LogP contribution in [0.2, 0.25) is 0 Å². The number of rotatable bonds is 6. The molecule has 0 aliphatic rings. The Labute approximate surface area is 262 Å². The van der Waals surface area contributed by atoms with Gasteiger partial charge >= 0.3 is 5.97 Å². The number of nitrogens with zero attached hydrogens (tertiary/aromatic N) is 4. The van der Waals surface area contributed by atoms with Gasteiger partial charge in [-0.05, 0) is 98.0 Å². The third kappa shape index (κ3) is 11.6. The minimum Gasteiger partial charge on any atom is -0.508 e. The highest BCUT2D eigenvalue weighted by atomic mass is 19.1. The predicted octanol–water partition coefficient (Wildman–Crippen LogP) is 8.83. The molecular weight excluding hydrogens is 571 g/mol. The second-order valence-corrected chi connectivity index (χ2v) is 9.52. The summed E-state index contributed by atoms with van der Waals surface area (Å²) in [6, 6.07) is 23.4. The first-order chi connectivity index (χ1) is 21.5. The van der Waals surface area contributed by atoms with E-state index >= 15 is 0 Å². The van der Waals surface area contributed by atoms with Gasteiger partial charge in [0.25, 0.3) is 0 Å². The number of carbonyl (C=O) groups excluding carboxylic acids is 1. The molecule has 0 saturated heterocycles. The van der Waals surface area contributed by atoms with Gasteiger partial charge in [-0.25, -0.2) is 14.1 Å². The zero-order valence-corrected chi connectivity index (χ0v) is 25.4. The molecule has 0 aliphatic carbocycles. The fraction of sp³-hybridized carbons (Fsp3) is 0.194. The Bertz CT molecular complexity index is 1760. The Balaban J connectivity index is 0.000000248. The second kappa shape index (κ2) is 17.7. The summed E-state index contributed by atoms with van der Waals surface area (Å²) in [5, 5.41) is 26.7. The molecule has 9 heteroatoms. The predicted molar refractivity (Wildman–Crippen MR) is 169 cm³/mol. The normalized spacial score (nSPS) is 9.36. The van der Waals surface area contributed by atoms with E-state index in [9.17, 15) is 14.3 Å². The zero-order valence-electron chi connectivity index (χ0n) is 25.4. The van der Waals surface area contributed by atoms with Crippen molar-refractivity contribution in [1.82, 2.24) is 0 Å². The number of phenolic OH excluding ortho intramolecular Hbond substituents is 1. The first-order valence-corrected chi connectivity index (χ1v) is 13.8. The third-order valence-corrected chi connectivity index (χ3v) is 6.11. The maximum absolute atomic E-state index is 12.5. The highest BCUT2D eigenvalue weighted by Gasteiger charge is 2.07. The molecule has 0 aliphatic heterocycles. The van der Waals surface area contributed by atoms with Crippen LogP contribution in [-0.4, -0.2) is 17.7 Å². The van der Waals surface area contributed by atoms with Crippen LogP contribution in [-0.2, 0) is 22.4 Å². The van der Waals surface area contributed by atoms with Gasteiger partial charge in [0.2, 0.25) is 0 Å². The number of esters is 1. The standard InChI is InChI=1S/C17H14N2O.C11H14O3.C8H3FN2/c1-4-13-6-5-12(2)17(9-13)20-16-8-14(11-18)7-15(10-16)19-3;1-3-14-11(13)7-9-5-4-8(2)10(12)6-9;1-11-8-3-6(5-10)2-7(9)4-8/h5-10H,4H2,1-2H3;4-6,12H,3,7H2,1-2H3;2-4H. The molecule has 4 aromatic rings. The number of hydrogen-bond acceptors (Lipinski definition) is 6. The van der Waals surface area contributed by atoms with Crippen molar-refractivity contribution in [2.45, 2.75) is 40.5 Å². The van der Waals surface area contributed by atoms with Crippen molar-refractivity contribution in [1.29, 1.82) is 10.5 Å². The van der Waals surface area contributed by atoms with E-state index in [2.05, 4.69) is 22.7 Å². The van der Waals surface area contributed by atoms with E-state index in [-0.39, 0.29) is 29.4 Å². The van der Waals surface area contributed by atoms with Crippen LogP contribution in [0.3, 0.4) is 0 Å². The van der Waals surface area contributed by atoms with Crippen LogP contribution in [0.5, 0.6) is 17.2 Å². The highest BCUT2D eigenvalue weighted by Crippen LogP contribution is 2.30. The van der Waals surface area contributed by atoms with Gasteiger partial charge in [-0.1, -0.05) is 31.2 Å².